The van der Waals surface area contributed by atoms with Crippen molar-refractivity contribution >= 4 is 11.6 Å². The first-order valence-corrected chi connectivity index (χ1v) is 9.13. The van der Waals surface area contributed by atoms with Crippen molar-refractivity contribution in [2.24, 2.45) is 5.73 Å². The average molecular weight is 331 g/mol. The van der Waals surface area contributed by atoms with Crippen LogP contribution in [0.4, 0.5) is 5.69 Å². The van der Waals surface area contributed by atoms with Crippen molar-refractivity contribution in [3.8, 4) is 5.75 Å². The largest absolute Gasteiger partial charge is 0.492 e. The molecule has 3 N–H and O–H groups in total. The molecule has 24 heavy (non-hydrogen) atoms. The van der Waals surface area contributed by atoms with Gasteiger partial charge in [0.2, 0.25) is 5.91 Å². The second-order valence-corrected chi connectivity index (χ2v) is 7.19. The van der Waals surface area contributed by atoms with E-state index in [1.807, 2.05) is 25.1 Å². The van der Waals surface area contributed by atoms with Crippen molar-refractivity contribution in [2.45, 2.75) is 51.0 Å². The lowest BCUT2D eigenvalue weighted by atomic mass is 9.98. The summed E-state index contributed by atoms with van der Waals surface area (Å²) in [6, 6.07) is 5.79. The van der Waals surface area contributed by atoms with Gasteiger partial charge in [0.1, 0.15) is 12.4 Å². The zero-order chi connectivity index (χ0) is 17.0. The van der Waals surface area contributed by atoms with Crippen LogP contribution in [0.2, 0.25) is 0 Å². The minimum atomic E-state index is -0.696. The summed E-state index contributed by atoms with van der Waals surface area (Å²) < 4.78 is 5.90. The van der Waals surface area contributed by atoms with Crippen molar-refractivity contribution < 1.29 is 9.53 Å². The fourth-order valence-electron chi connectivity index (χ4n) is 3.67. The number of rotatable bonds is 6. The first-order valence-electron chi connectivity index (χ1n) is 9.13. The molecule has 5 heteroatoms. The van der Waals surface area contributed by atoms with Crippen LogP contribution in [0.25, 0.3) is 0 Å². The van der Waals surface area contributed by atoms with E-state index < -0.39 is 5.54 Å². The lowest BCUT2D eigenvalue weighted by Gasteiger charge is -2.22. The fraction of sp³-hybridized carbons (Fsp3) is 0.632. The van der Waals surface area contributed by atoms with E-state index in [9.17, 15) is 4.79 Å². The zero-order valence-electron chi connectivity index (χ0n) is 14.6. The average Bonchev–Trinajstić information content (AvgIpc) is 3.22. The summed E-state index contributed by atoms with van der Waals surface area (Å²) >= 11 is 0. The summed E-state index contributed by atoms with van der Waals surface area (Å²) in [4.78, 5) is 14.8. The number of anilines is 1. The molecule has 1 aromatic rings. The van der Waals surface area contributed by atoms with E-state index in [1.54, 1.807) is 0 Å². The van der Waals surface area contributed by atoms with Gasteiger partial charge in [-0.1, -0.05) is 12.8 Å². The number of aryl methyl sites for hydroxylation is 1. The van der Waals surface area contributed by atoms with Gasteiger partial charge < -0.3 is 15.8 Å². The van der Waals surface area contributed by atoms with Crippen molar-refractivity contribution in [3.05, 3.63) is 23.8 Å². The number of likely N-dealkylation sites (tertiary alicyclic amines) is 1. The molecule has 0 bridgehead atoms. The fourth-order valence-corrected chi connectivity index (χ4v) is 3.67. The van der Waals surface area contributed by atoms with Crippen LogP contribution in [0.15, 0.2) is 18.2 Å². The van der Waals surface area contributed by atoms with E-state index in [1.165, 1.54) is 25.9 Å². The van der Waals surface area contributed by atoms with Crippen molar-refractivity contribution in [3.63, 3.8) is 0 Å². The summed E-state index contributed by atoms with van der Waals surface area (Å²) in [6.45, 7) is 6.07. The summed E-state index contributed by atoms with van der Waals surface area (Å²) in [6.07, 6.45) is 6.22. The lowest BCUT2D eigenvalue weighted by molar-refractivity contribution is -0.121. The molecule has 1 heterocycles. The minimum absolute atomic E-state index is 0.0675. The van der Waals surface area contributed by atoms with Gasteiger partial charge in [0.05, 0.1) is 5.54 Å². The Hall–Kier alpha value is -1.59. The van der Waals surface area contributed by atoms with Crippen LogP contribution < -0.4 is 15.8 Å². The van der Waals surface area contributed by atoms with Crippen molar-refractivity contribution in [2.75, 3.05) is 31.6 Å². The Bertz CT molecular complexity index is 576. The summed E-state index contributed by atoms with van der Waals surface area (Å²) in [5.74, 6) is 0.817. The van der Waals surface area contributed by atoms with E-state index in [4.69, 9.17) is 10.5 Å². The normalized spacial score (nSPS) is 20.2. The number of carbonyl (C=O) groups excluding carboxylic acids is 1. The molecule has 1 saturated carbocycles. The molecule has 1 aliphatic carbocycles. The number of carbonyl (C=O) groups is 1. The molecule has 2 fully saturated rings. The SMILES string of the molecule is Cc1cc(NC(=O)C2(N)CCCC2)ccc1OCCN1CCCC1. The molecule has 0 aromatic heterocycles. The number of nitrogens with two attached hydrogens (primary N) is 1. The Morgan fingerprint density at radius 2 is 1.96 bits per heavy atom. The van der Waals surface area contributed by atoms with E-state index in [0.29, 0.717) is 6.61 Å². The van der Waals surface area contributed by atoms with Crippen molar-refractivity contribution in [1.29, 1.82) is 0 Å². The van der Waals surface area contributed by atoms with Crippen LogP contribution in [0, 0.1) is 6.92 Å². The number of nitrogens with zero attached hydrogens (tertiary/aromatic N) is 1. The second kappa shape index (κ2) is 7.53. The zero-order valence-corrected chi connectivity index (χ0v) is 14.6. The monoisotopic (exact) mass is 331 g/mol. The minimum Gasteiger partial charge on any atom is -0.492 e. The second-order valence-electron chi connectivity index (χ2n) is 7.19. The lowest BCUT2D eigenvalue weighted by Crippen LogP contribution is -2.48. The highest BCUT2D eigenvalue weighted by Gasteiger charge is 2.36. The smallest absolute Gasteiger partial charge is 0.244 e. The Labute approximate surface area is 144 Å². The standard InChI is InChI=1S/C19H29N3O2/c1-15-14-16(21-18(23)19(20)8-2-3-9-19)6-7-17(15)24-13-12-22-10-4-5-11-22/h6-7,14H,2-5,8-13,20H2,1H3,(H,21,23). The number of hydrogen-bond acceptors (Lipinski definition) is 4. The molecule has 132 valence electrons. The van der Waals surface area contributed by atoms with Crippen LogP contribution in [-0.2, 0) is 4.79 Å². The quantitative estimate of drug-likeness (QED) is 0.841. The molecular formula is C19H29N3O2. The predicted octanol–water partition coefficient (Wildman–Crippen LogP) is 2.68. The molecule has 1 amide bonds. The third-order valence-corrected chi connectivity index (χ3v) is 5.24. The van der Waals surface area contributed by atoms with Gasteiger partial charge in [-0.2, -0.15) is 0 Å². The van der Waals surface area contributed by atoms with Crippen LogP contribution in [-0.4, -0.2) is 42.6 Å². The predicted molar refractivity (Wildman–Crippen MR) is 96.4 cm³/mol. The maximum atomic E-state index is 12.4. The Morgan fingerprint density at radius 1 is 1.25 bits per heavy atom. The van der Waals surface area contributed by atoms with Gasteiger partial charge in [-0.3, -0.25) is 9.69 Å². The molecule has 1 saturated heterocycles. The number of benzene rings is 1. The van der Waals surface area contributed by atoms with Gasteiger partial charge in [-0.05, 0) is 69.5 Å². The van der Waals surface area contributed by atoms with Gasteiger partial charge >= 0.3 is 0 Å². The van der Waals surface area contributed by atoms with E-state index in [0.717, 1.165) is 49.2 Å². The van der Waals surface area contributed by atoms with Crippen LogP contribution in [0.1, 0.15) is 44.1 Å². The molecule has 1 aliphatic heterocycles. The molecule has 5 nitrogen and oxygen atoms in total. The van der Waals surface area contributed by atoms with E-state index >= 15 is 0 Å². The molecule has 0 spiro atoms. The third kappa shape index (κ3) is 4.08. The molecule has 1 aromatic carbocycles. The molecule has 0 unspecified atom stereocenters. The Balaban J connectivity index is 1.53. The van der Waals surface area contributed by atoms with E-state index in [2.05, 4.69) is 10.2 Å². The summed E-state index contributed by atoms with van der Waals surface area (Å²) in [7, 11) is 0. The molecular weight excluding hydrogens is 302 g/mol. The van der Waals surface area contributed by atoms with Gasteiger partial charge in [0.25, 0.3) is 0 Å². The van der Waals surface area contributed by atoms with Crippen LogP contribution >= 0.6 is 0 Å². The highest BCUT2D eigenvalue weighted by Crippen LogP contribution is 2.29. The first-order chi connectivity index (χ1) is 11.6. The summed E-state index contributed by atoms with van der Waals surface area (Å²) in [5.41, 5.74) is 7.33. The number of hydrogen-bond donors (Lipinski definition) is 2. The first kappa shape index (κ1) is 17.2. The molecule has 2 aliphatic rings. The van der Waals surface area contributed by atoms with E-state index in [-0.39, 0.29) is 5.91 Å². The molecule has 0 atom stereocenters. The Kier molecular flexibility index (Phi) is 5.41. The van der Waals surface area contributed by atoms with Gasteiger partial charge in [-0.25, -0.2) is 0 Å². The maximum Gasteiger partial charge on any atom is 0.244 e. The van der Waals surface area contributed by atoms with Gasteiger partial charge in [-0.15, -0.1) is 0 Å². The highest BCUT2D eigenvalue weighted by atomic mass is 16.5. The number of nitrogens with one attached hydrogen (secondary N) is 1. The summed E-state index contributed by atoms with van der Waals surface area (Å²) in [5, 5.41) is 2.97. The van der Waals surface area contributed by atoms with Crippen molar-refractivity contribution in [1.82, 2.24) is 4.90 Å². The number of amides is 1. The van der Waals surface area contributed by atoms with Crippen LogP contribution in [0.3, 0.4) is 0 Å². The van der Waals surface area contributed by atoms with Crippen LogP contribution in [0.5, 0.6) is 5.75 Å². The highest BCUT2D eigenvalue weighted by molar-refractivity contribution is 5.98. The van der Waals surface area contributed by atoms with Gasteiger partial charge in [0.15, 0.2) is 0 Å². The third-order valence-electron chi connectivity index (χ3n) is 5.24. The maximum absolute atomic E-state index is 12.4. The Morgan fingerprint density at radius 3 is 2.62 bits per heavy atom. The molecule has 0 radical (unpaired) electrons. The topological polar surface area (TPSA) is 67.6 Å². The number of ether oxygens (including phenoxy) is 1. The van der Waals surface area contributed by atoms with Gasteiger partial charge in [0, 0.05) is 12.2 Å². The molecule has 3 rings (SSSR count).